The smallest absolute Gasteiger partial charge is 0.164 e. The van der Waals surface area contributed by atoms with Crippen molar-refractivity contribution in [3.63, 3.8) is 0 Å². The lowest BCUT2D eigenvalue weighted by molar-refractivity contribution is 0.944. The van der Waals surface area contributed by atoms with Crippen molar-refractivity contribution in [2.24, 2.45) is 0 Å². The molecule has 0 N–H and O–H groups in total. The van der Waals surface area contributed by atoms with Crippen molar-refractivity contribution in [3.8, 4) is 95.5 Å². The van der Waals surface area contributed by atoms with Crippen LogP contribution in [0.4, 0.5) is 0 Å². The van der Waals surface area contributed by atoms with Gasteiger partial charge in [0.05, 0.1) is 11.0 Å². The molecular formula is C65H44N4. The van der Waals surface area contributed by atoms with E-state index in [1.54, 1.807) is 0 Å². The highest BCUT2D eigenvalue weighted by Gasteiger charge is 2.23. The van der Waals surface area contributed by atoms with Gasteiger partial charge in [0.15, 0.2) is 17.5 Å². The Morgan fingerprint density at radius 3 is 1.52 bits per heavy atom. The summed E-state index contributed by atoms with van der Waals surface area (Å²) in [6.07, 6.45) is 2.06. The molecule has 2 aromatic heterocycles. The first-order chi connectivity index (χ1) is 34.2. The number of hydrogen-bond acceptors (Lipinski definition) is 3. The minimum Gasteiger partial charge on any atom is -0.309 e. The second-order valence-corrected chi connectivity index (χ2v) is 17.9. The lowest BCUT2D eigenvalue weighted by Crippen LogP contribution is -2.05. The molecule has 324 valence electrons. The van der Waals surface area contributed by atoms with E-state index in [0.717, 1.165) is 51.9 Å². The molecule has 1 aliphatic carbocycles. The van der Waals surface area contributed by atoms with Gasteiger partial charge in [-0.25, -0.2) is 15.0 Å². The Morgan fingerprint density at radius 2 is 0.812 bits per heavy atom. The molecule has 4 nitrogen and oxygen atoms in total. The average molecular weight is 881 g/mol. The average Bonchev–Trinajstić information content (AvgIpc) is 3.77. The monoisotopic (exact) mass is 880 g/mol. The predicted molar refractivity (Wildman–Crippen MR) is 285 cm³/mol. The number of aryl methyl sites for hydroxylation is 1. The van der Waals surface area contributed by atoms with Gasteiger partial charge in [0.25, 0.3) is 0 Å². The molecule has 0 atom stereocenters. The summed E-state index contributed by atoms with van der Waals surface area (Å²) in [6.45, 7) is 0. The van der Waals surface area contributed by atoms with Crippen LogP contribution in [0.3, 0.4) is 0 Å². The van der Waals surface area contributed by atoms with Gasteiger partial charge in [-0.1, -0.05) is 200 Å². The summed E-state index contributed by atoms with van der Waals surface area (Å²) in [7, 11) is 0. The lowest BCUT2D eigenvalue weighted by atomic mass is 9.82. The molecule has 13 rings (SSSR count). The van der Waals surface area contributed by atoms with E-state index in [-0.39, 0.29) is 0 Å². The van der Waals surface area contributed by atoms with Crippen molar-refractivity contribution in [3.05, 3.63) is 254 Å². The molecule has 0 bridgehead atoms. The summed E-state index contributed by atoms with van der Waals surface area (Å²) in [5.74, 6) is 1.91. The Balaban J connectivity index is 1.00. The second kappa shape index (κ2) is 17.0. The summed E-state index contributed by atoms with van der Waals surface area (Å²) in [5.41, 5.74) is 21.2. The molecule has 10 aromatic carbocycles. The molecule has 0 aliphatic heterocycles. The number of aromatic nitrogens is 4. The van der Waals surface area contributed by atoms with Crippen LogP contribution in [0.2, 0.25) is 0 Å². The van der Waals surface area contributed by atoms with Crippen molar-refractivity contribution in [2.45, 2.75) is 12.8 Å². The second-order valence-electron chi connectivity index (χ2n) is 17.9. The van der Waals surface area contributed by atoms with Gasteiger partial charge in [0, 0.05) is 38.7 Å². The van der Waals surface area contributed by atoms with Gasteiger partial charge in [-0.15, -0.1) is 0 Å². The van der Waals surface area contributed by atoms with E-state index in [0.29, 0.717) is 17.5 Å². The van der Waals surface area contributed by atoms with Gasteiger partial charge in [0.2, 0.25) is 0 Å². The normalized spacial score (nSPS) is 11.9. The van der Waals surface area contributed by atoms with Crippen LogP contribution in [-0.4, -0.2) is 19.5 Å². The van der Waals surface area contributed by atoms with Crippen LogP contribution >= 0.6 is 0 Å². The summed E-state index contributed by atoms with van der Waals surface area (Å²) in [5, 5.41) is 2.44. The fourth-order valence-electron chi connectivity index (χ4n) is 10.5. The van der Waals surface area contributed by atoms with Gasteiger partial charge in [0.1, 0.15) is 0 Å². The Kier molecular flexibility index (Phi) is 9.94. The Morgan fingerprint density at radius 1 is 0.290 bits per heavy atom. The minimum atomic E-state index is 0.629. The van der Waals surface area contributed by atoms with E-state index < -0.39 is 0 Å². The van der Waals surface area contributed by atoms with Crippen LogP contribution in [0.25, 0.3) is 117 Å². The standard InChI is InChI=1S/C65H44N4/c1-5-18-43(19-6-1)52-41-58(44-20-7-2-8-21-44)62-60(42-52)59-40-50(55-32-17-33-56-54-31-14-13-22-45(54)34-36-57(55)56)35-37-61(59)69(62)53-30-16-28-49(39-53)48-27-15-29-51(38-48)65-67-63(46-23-9-3-10-24-46)66-64(68-65)47-25-11-4-12-26-47/h1-33,35,37-42H,34,36H2. The molecule has 0 saturated carbocycles. The number of benzene rings is 10. The van der Waals surface area contributed by atoms with Crippen molar-refractivity contribution in [1.82, 2.24) is 19.5 Å². The summed E-state index contributed by atoms with van der Waals surface area (Å²) in [6, 6.07) is 87.1. The van der Waals surface area contributed by atoms with E-state index in [2.05, 4.69) is 187 Å². The maximum absolute atomic E-state index is 5.06. The van der Waals surface area contributed by atoms with Crippen LogP contribution in [0.1, 0.15) is 11.1 Å². The van der Waals surface area contributed by atoms with E-state index in [4.69, 9.17) is 15.0 Å². The van der Waals surface area contributed by atoms with Crippen LogP contribution in [0, 0.1) is 0 Å². The number of hydrogen-bond donors (Lipinski definition) is 0. The highest BCUT2D eigenvalue weighted by atomic mass is 15.0. The molecule has 1 aliphatic rings. The topological polar surface area (TPSA) is 43.6 Å². The van der Waals surface area contributed by atoms with Gasteiger partial charge in [-0.05, 0) is 117 Å². The molecule has 12 aromatic rings. The summed E-state index contributed by atoms with van der Waals surface area (Å²) >= 11 is 0. The molecule has 69 heavy (non-hydrogen) atoms. The third kappa shape index (κ3) is 7.31. The zero-order valence-electron chi connectivity index (χ0n) is 37.8. The van der Waals surface area contributed by atoms with Crippen LogP contribution in [0.15, 0.2) is 243 Å². The van der Waals surface area contributed by atoms with Crippen molar-refractivity contribution >= 4 is 21.8 Å². The maximum Gasteiger partial charge on any atom is 0.164 e. The fourth-order valence-corrected chi connectivity index (χ4v) is 10.5. The van der Waals surface area contributed by atoms with Gasteiger partial charge < -0.3 is 4.57 Å². The lowest BCUT2D eigenvalue weighted by Gasteiger charge is -2.22. The molecular weight excluding hydrogens is 837 g/mol. The van der Waals surface area contributed by atoms with E-state index in [1.165, 1.54) is 71.9 Å². The first kappa shape index (κ1) is 40.3. The molecule has 0 saturated heterocycles. The van der Waals surface area contributed by atoms with Crippen molar-refractivity contribution in [1.29, 1.82) is 0 Å². The zero-order valence-corrected chi connectivity index (χ0v) is 37.8. The third-order valence-corrected chi connectivity index (χ3v) is 13.7. The highest BCUT2D eigenvalue weighted by molar-refractivity contribution is 6.16. The van der Waals surface area contributed by atoms with Gasteiger partial charge >= 0.3 is 0 Å². The predicted octanol–water partition coefficient (Wildman–Crippen LogP) is 16.4. The van der Waals surface area contributed by atoms with E-state index in [9.17, 15) is 0 Å². The molecule has 4 heteroatoms. The highest BCUT2D eigenvalue weighted by Crippen LogP contribution is 2.45. The number of nitrogens with zero attached hydrogens (tertiary/aromatic N) is 4. The van der Waals surface area contributed by atoms with Crippen LogP contribution in [-0.2, 0) is 12.8 Å². The third-order valence-electron chi connectivity index (χ3n) is 13.7. The molecule has 0 radical (unpaired) electrons. The minimum absolute atomic E-state index is 0.629. The molecule has 0 spiro atoms. The zero-order chi connectivity index (χ0) is 45.7. The van der Waals surface area contributed by atoms with Crippen molar-refractivity contribution in [2.75, 3.05) is 0 Å². The molecule has 2 heterocycles. The van der Waals surface area contributed by atoms with Crippen LogP contribution < -0.4 is 0 Å². The van der Waals surface area contributed by atoms with Gasteiger partial charge in [-0.3, -0.25) is 0 Å². The quantitative estimate of drug-likeness (QED) is 0.153. The first-order valence-electron chi connectivity index (χ1n) is 23.7. The Bertz CT molecular complexity index is 3820. The summed E-state index contributed by atoms with van der Waals surface area (Å²) in [4.78, 5) is 15.1. The van der Waals surface area contributed by atoms with Gasteiger partial charge in [-0.2, -0.15) is 0 Å². The molecule has 0 amide bonds. The number of fused-ring (bicyclic) bond motifs is 6. The number of rotatable bonds is 8. The van der Waals surface area contributed by atoms with E-state index in [1.807, 2.05) is 60.7 Å². The Hall–Kier alpha value is -8.99. The molecule has 0 fully saturated rings. The maximum atomic E-state index is 5.06. The van der Waals surface area contributed by atoms with Crippen molar-refractivity contribution < 1.29 is 0 Å². The van der Waals surface area contributed by atoms with E-state index >= 15 is 0 Å². The largest absolute Gasteiger partial charge is 0.309 e. The Labute approximate surface area is 401 Å². The van der Waals surface area contributed by atoms with Crippen LogP contribution in [0.5, 0.6) is 0 Å². The summed E-state index contributed by atoms with van der Waals surface area (Å²) < 4.78 is 2.49. The first-order valence-corrected chi connectivity index (χ1v) is 23.7. The fraction of sp³-hybridized carbons (Fsp3) is 0.0308. The SMILES string of the molecule is c1ccc(-c2cc(-c3ccccc3)c3c(c2)c2cc(-c4cccc5c4CCc4ccccc4-5)ccc2n3-c2cccc(-c3cccc(-c4nc(-c5ccccc5)nc(-c5ccccc5)n4)c3)c2)cc1. The molecule has 0 unspecified atom stereocenters.